The second-order valence-corrected chi connectivity index (χ2v) is 9.01. The van der Waals surface area contributed by atoms with E-state index in [0.29, 0.717) is 0 Å². The summed E-state index contributed by atoms with van der Waals surface area (Å²) in [6, 6.07) is 7.84. The summed E-state index contributed by atoms with van der Waals surface area (Å²) in [4.78, 5) is 35.0. The number of rotatable bonds is 5. The van der Waals surface area contributed by atoms with Crippen LogP contribution in [-0.2, 0) is 11.3 Å². The topological polar surface area (TPSA) is 56.8 Å². The fourth-order valence-electron chi connectivity index (χ4n) is 4.00. The minimum atomic E-state index is -4.40. The van der Waals surface area contributed by atoms with E-state index in [-0.39, 0.29) is 28.9 Å². The molecule has 1 atom stereocenters. The molecule has 1 unspecified atom stereocenters. The van der Waals surface area contributed by atoms with E-state index in [4.69, 9.17) is 0 Å². The van der Waals surface area contributed by atoms with E-state index in [1.165, 1.54) is 35.6 Å². The molecule has 6 nitrogen and oxygen atoms in total. The number of piperidine rings is 1. The third-order valence-electron chi connectivity index (χ3n) is 5.65. The summed E-state index contributed by atoms with van der Waals surface area (Å²) in [6.07, 6.45) is 5.17. The number of imide groups is 1. The minimum absolute atomic E-state index is 0.00715. The van der Waals surface area contributed by atoms with E-state index in [9.17, 15) is 22.8 Å². The standard InChI is InChI=1S/C22H23F3N4O2S/c1-15-20(30)29(17-5-7-18(8-6-17)32-22(23,24)25)21(31)28(15)14-16-9-10-26-19(13-16)27-11-3-2-4-12-27/h5-10,13,15H,2-4,11-12,14H2,1H3. The van der Waals surface area contributed by atoms with E-state index in [1.54, 1.807) is 13.1 Å². The van der Waals surface area contributed by atoms with Gasteiger partial charge >= 0.3 is 11.5 Å². The highest BCUT2D eigenvalue weighted by Crippen LogP contribution is 2.38. The number of alkyl halides is 3. The highest BCUT2D eigenvalue weighted by molar-refractivity contribution is 8.00. The van der Waals surface area contributed by atoms with Crippen LogP contribution in [0.15, 0.2) is 47.5 Å². The monoisotopic (exact) mass is 464 g/mol. The highest BCUT2D eigenvalue weighted by Gasteiger charge is 2.43. The molecule has 0 N–H and O–H groups in total. The molecule has 1 aromatic carbocycles. The molecule has 170 valence electrons. The van der Waals surface area contributed by atoms with Gasteiger partial charge in [0.2, 0.25) is 0 Å². The Balaban J connectivity index is 1.49. The van der Waals surface area contributed by atoms with Gasteiger partial charge in [0.1, 0.15) is 11.9 Å². The van der Waals surface area contributed by atoms with Gasteiger partial charge in [-0.05, 0) is 79.9 Å². The number of aromatic nitrogens is 1. The van der Waals surface area contributed by atoms with Gasteiger partial charge in [-0.1, -0.05) is 0 Å². The van der Waals surface area contributed by atoms with Crippen molar-refractivity contribution in [1.82, 2.24) is 9.88 Å². The van der Waals surface area contributed by atoms with Gasteiger partial charge in [0.05, 0.1) is 5.69 Å². The van der Waals surface area contributed by atoms with Crippen molar-refractivity contribution >= 4 is 35.2 Å². The molecule has 1 aromatic heterocycles. The van der Waals surface area contributed by atoms with Crippen LogP contribution in [0, 0.1) is 0 Å². The molecule has 0 aliphatic carbocycles. The smallest absolute Gasteiger partial charge is 0.357 e. The average Bonchev–Trinajstić information content (AvgIpc) is 2.97. The number of carbonyl (C=O) groups is 2. The molecule has 10 heteroatoms. The maximum Gasteiger partial charge on any atom is 0.446 e. The highest BCUT2D eigenvalue weighted by atomic mass is 32.2. The number of hydrogen-bond donors (Lipinski definition) is 0. The van der Waals surface area contributed by atoms with E-state index in [2.05, 4.69) is 9.88 Å². The number of halogens is 3. The van der Waals surface area contributed by atoms with Crippen molar-refractivity contribution in [1.29, 1.82) is 0 Å². The van der Waals surface area contributed by atoms with E-state index in [1.807, 2.05) is 12.1 Å². The van der Waals surface area contributed by atoms with Crippen LogP contribution >= 0.6 is 11.8 Å². The normalized spacial score (nSPS) is 19.8. The largest absolute Gasteiger partial charge is 0.446 e. The first kappa shape index (κ1) is 22.4. The number of pyridine rings is 1. The van der Waals surface area contributed by atoms with E-state index >= 15 is 0 Å². The van der Waals surface area contributed by atoms with Crippen LogP contribution in [0.3, 0.4) is 0 Å². The predicted molar refractivity (Wildman–Crippen MR) is 117 cm³/mol. The summed E-state index contributed by atoms with van der Waals surface area (Å²) < 4.78 is 37.7. The number of nitrogens with zero attached hydrogens (tertiary/aromatic N) is 4. The second-order valence-electron chi connectivity index (χ2n) is 7.87. The van der Waals surface area contributed by atoms with Gasteiger partial charge < -0.3 is 9.80 Å². The third-order valence-corrected chi connectivity index (χ3v) is 6.39. The number of anilines is 2. The molecule has 2 aliphatic rings. The first-order valence-electron chi connectivity index (χ1n) is 10.4. The molecule has 2 fully saturated rings. The Hall–Kier alpha value is -2.75. The van der Waals surface area contributed by atoms with Crippen LogP contribution in [0.2, 0.25) is 0 Å². The Kier molecular flexibility index (Phi) is 6.32. The molecule has 0 radical (unpaired) electrons. The van der Waals surface area contributed by atoms with Crippen LogP contribution in [0.1, 0.15) is 31.7 Å². The average molecular weight is 465 g/mol. The Bertz CT molecular complexity index is 993. The predicted octanol–water partition coefficient (Wildman–Crippen LogP) is 5.04. The first-order valence-corrected chi connectivity index (χ1v) is 11.2. The van der Waals surface area contributed by atoms with Gasteiger partial charge in [0.25, 0.3) is 5.91 Å². The quantitative estimate of drug-likeness (QED) is 0.458. The van der Waals surface area contributed by atoms with Gasteiger partial charge in [-0.15, -0.1) is 0 Å². The van der Waals surface area contributed by atoms with Crippen LogP contribution < -0.4 is 9.80 Å². The zero-order valence-electron chi connectivity index (χ0n) is 17.5. The van der Waals surface area contributed by atoms with Crippen molar-refractivity contribution in [3.05, 3.63) is 48.2 Å². The lowest BCUT2D eigenvalue weighted by molar-refractivity contribution is -0.119. The molecule has 3 amide bonds. The zero-order valence-corrected chi connectivity index (χ0v) is 18.3. The maximum atomic E-state index is 13.1. The molecule has 2 saturated heterocycles. The Morgan fingerprint density at radius 3 is 2.41 bits per heavy atom. The summed E-state index contributed by atoms with van der Waals surface area (Å²) in [5, 5.41) is 0. The molecule has 0 spiro atoms. The molecule has 3 heterocycles. The molecular weight excluding hydrogens is 441 g/mol. The summed E-state index contributed by atoms with van der Waals surface area (Å²) in [7, 11) is 0. The van der Waals surface area contributed by atoms with Crippen molar-refractivity contribution in [2.75, 3.05) is 22.9 Å². The Morgan fingerprint density at radius 1 is 1.06 bits per heavy atom. The molecule has 4 rings (SSSR count). The molecule has 0 bridgehead atoms. The SMILES string of the molecule is CC1C(=O)N(c2ccc(SC(F)(F)F)cc2)C(=O)N1Cc1ccnc(N2CCCCC2)c1. The van der Waals surface area contributed by atoms with Gasteiger partial charge in [0, 0.05) is 30.7 Å². The van der Waals surface area contributed by atoms with E-state index < -0.39 is 23.5 Å². The van der Waals surface area contributed by atoms with Crippen molar-refractivity contribution in [3.8, 4) is 0 Å². The summed E-state index contributed by atoms with van der Waals surface area (Å²) in [5.41, 5.74) is -3.28. The lowest BCUT2D eigenvalue weighted by atomic mass is 10.1. The molecule has 0 saturated carbocycles. The molecule has 2 aliphatic heterocycles. The van der Waals surface area contributed by atoms with Crippen molar-refractivity contribution < 1.29 is 22.8 Å². The van der Waals surface area contributed by atoms with Crippen molar-refractivity contribution in [2.24, 2.45) is 0 Å². The van der Waals surface area contributed by atoms with Crippen molar-refractivity contribution in [2.45, 2.75) is 49.2 Å². The number of thioether (sulfide) groups is 1. The summed E-state index contributed by atoms with van der Waals surface area (Å²) in [5.74, 6) is 0.457. The summed E-state index contributed by atoms with van der Waals surface area (Å²) >= 11 is -0.239. The Morgan fingerprint density at radius 2 is 1.75 bits per heavy atom. The Labute approximate surface area is 188 Å². The lowest BCUT2D eigenvalue weighted by Gasteiger charge is -2.28. The number of benzene rings is 1. The fourth-order valence-corrected chi connectivity index (χ4v) is 4.54. The summed E-state index contributed by atoms with van der Waals surface area (Å²) in [6.45, 7) is 3.79. The fraction of sp³-hybridized carbons (Fsp3) is 0.409. The van der Waals surface area contributed by atoms with Gasteiger partial charge in [-0.2, -0.15) is 13.2 Å². The first-order chi connectivity index (χ1) is 15.2. The molecule has 2 aromatic rings. The van der Waals surface area contributed by atoms with Crippen LogP contribution in [0.25, 0.3) is 0 Å². The van der Waals surface area contributed by atoms with Crippen molar-refractivity contribution in [3.63, 3.8) is 0 Å². The van der Waals surface area contributed by atoms with Crippen LogP contribution in [0.4, 0.5) is 29.5 Å². The molecule has 32 heavy (non-hydrogen) atoms. The van der Waals surface area contributed by atoms with E-state index in [0.717, 1.165) is 42.2 Å². The second kappa shape index (κ2) is 9.01. The number of urea groups is 1. The lowest BCUT2D eigenvalue weighted by Crippen LogP contribution is -2.34. The van der Waals surface area contributed by atoms with Gasteiger partial charge in [0.15, 0.2) is 0 Å². The van der Waals surface area contributed by atoms with Gasteiger partial charge in [-0.3, -0.25) is 4.79 Å². The van der Waals surface area contributed by atoms with Crippen LogP contribution in [-0.4, -0.2) is 46.5 Å². The number of carbonyl (C=O) groups excluding carboxylic acids is 2. The minimum Gasteiger partial charge on any atom is -0.357 e. The third kappa shape index (κ3) is 4.85. The number of hydrogen-bond acceptors (Lipinski definition) is 5. The number of amides is 3. The maximum absolute atomic E-state index is 13.1. The van der Waals surface area contributed by atoms with Crippen LogP contribution in [0.5, 0.6) is 0 Å². The van der Waals surface area contributed by atoms with Gasteiger partial charge in [-0.25, -0.2) is 14.7 Å². The zero-order chi connectivity index (χ0) is 22.9. The molecular formula is C22H23F3N4O2S.